The summed E-state index contributed by atoms with van der Waals surface area (Å²) < 4.78 is 10.9. The van der Waals surface area contributed by atoms with Crippen LogP contribution in [0.3, 0.4) is 0 Å². The average Bonchev–Trinajstić information content (AvgIpc) is 3.07. The lowest BCUT2D eigenvalue weighted by Gasteiger charge is -2.42. The molecule has 37 heavy (non-hydrogen) atoms. The standard InChI is InChI=1S/C10H18Br4O7.C10H4Br3NO2/c11-7(19)9(4-18,10(12,13)21-14)6-20-5-8(1-15,2-16)3-17;11-6-4-2-1-3-5(6)7-8(12)10(16)14(13)9(7)15/h7,15-19H,1-6H2;1-4H. The van der Waals surface area contributed by atoms with Gasteiger partial charge in [-0.2, -0.15) is 0 Å². The smallest absolute Gasteiger partial charge is 0.278 e. The third-order valence-corrected chi connectivity index (χ3v) is 11.5. The second kappa shape index (κ2) is 16.0. The normalized spacial score (nSPS) is 17.0. The van der Waals surface area contributed by atoms with Gasteiger partial charge in [0.05, 0.1) is 71.3 Å². The Morgan fingerprint density at radius 1 is 0.919 bits per heavy atom. The van der Waals surface area contributed by atoms with Gasteiger partial charge >= 0.3 is 0 Å². The molecule has 0 bridgehead atoms. The molecule has 2 atom stereocenters. The summed E-state index contributed by atoms with van der Waals surface area (Å²) in [5.41, 5.74) is -1.54. The minimum Gasteiger partial charge on any atom is -0.396 e. The summed E-state index contributed by atoms with van der Waals surface area (Å²) in [4.78, 5) is 23.4. The lowest BCUT2D eigenvalue weighted by molar-refractivity contribution is -0.129. The average molecular weight is 980 g/mol. The molecule has 10 nitrogen and oxygen atoms in total. The molecular weight excluding hydrogens is 958 g/mol. The highest BCUT2D eigenvalue weighted by molar-refractivity contribution is 9.25. The van der Waals surface area contributed by atoms with Gasteiger partial charge < -0.3 is 30.3 Å². The van der Waals surface area contributed by atoms with Gasteiger partial charge in [0.25, 0.3) is 11.8 Å². The van der Waals surface area contributed by atoms with Crippen LogP contribution >= 0.6 is 112 Å². The number of aliphatic hydroxyl groups is 5. The van der Waals surface area contributed by atoms with Crippen molar-refractivity contribution in [2.75, 3.05) is 39.6 Å². The molecule has 2 rings (SSSR count). The number of halogens is 7. The topological polar surface area (TPSA) is 157 Å². The summed E-state index contributed by atoms with van der Waals surface area (Å²) in [5, 5.41) is 46.0. The van der Waals surface area contributed by atoms with Gasteiger partial charge in [-0.25, -0.2) is 3.93 Å². The van der Waals surface area contributed by atoms with Crippen LogP contribution in [0.5, 0.6) is 0 Å². The monoisotopic (exact) mass is 973 g/mol. The molecule has 0 aromatic heterocycles. The predicted octanol–water partition coefficient (Wildman–Crippen LogP) is 3.66. The van der Waals surface area contributed by atoms with E-state index in [4.69, 9.17) is 8.57 Å². The summed E-state index contributed by atoms with van der Waals surface area (Å²) in [5.74, 6) is -0.764. The first-order valence-electron chi connectivity index (χ1n) is 9.94. The van der Waals surface area contributed by atoms with E-state index < -0.39 is 51.6 Å². The summed E-state index contributed by atoms with van der Waals surface area (Å²) in [6.07, 6.45) is 0. The number of ether oxygens (including phenoxy) is 1. The Hall–Kier alpha value is 1.18. The Balaban J connectivity index is 0.000000381. The summed E-state index contributed by atoms with van der Waals surface area (Å²) >= 11 is 21.5. The number of imide groups is 1. The Labute approximate surface area is 272 Å². The molecule has 210 valence electrons. The quantitative estimate of drug-likeness (QED) is 0.120. The van der Waals surface area contributed by atoms with E-state index in [1.54, 1.807) is 6.07 Å². The number of carbonyl (C=O) groups is 2. The van der Waals surface area contributed by atoms with Crippen LogP contribution < -0.4 is 0 Å². The maximum absolute atomic E-state index is 11.8. The van der Waals surface area contributed by atoms with Crippen LogP contribution in [0, 0.1) is 10.8 Å². The molecule has 1 aromatic rings. The fourth-order valence-corrected chi connectivity index (χ4v) is 6.78. The Bertz CT molecular complexity index is 967. The number of benzene rings is 1. The molecule has 1 aromatic carbocycles. The summed E-state index contributed by atoms with van der Waals surface area (Å²) in [6, 6.07) is 7.24. The fraction of sp³-hybridized carbons (Fsp3) is 0.500. The van der Waals surface area contributed by atoms with Gasteiger partial charge in [-0.3, -0.25) is 13.4 Å². The first kappa shape index (κ1) is 36.2. The largest absolute Gasteiger partial charge is 0.396 e. The second-order valence-electron chi connectivity index (χ2n) is 7.77. The summed E-state index contributed by atoms with van der Waals surface area (Å²) in [6.45, 7) is -2.38. The van der Waals surface area contributed by atoms with E-state index >= 15 is 0 Å². The van der Waals surface area contributed by atoms with Gasteiger partial charge in [-0.1, -0.05) is 50.1 Å². The van der Waals surface area contributed by atoms with Gasteiger partial charge in [0.15, 0.2) is 0 Å². The molecule has 2 unspecified atom stereocenters. The molecule has 0 aliphatic carbocycles. The maximum Gasteiger partial charge on any atom is 0.278 e. The van der Waals surface area contributed by atoms with Gasteiger partial charge in [-0.05, 0) is 53.9 Å². The van der Waals surface area contributed by atoms with Crippen LogP contribution in [0.4, 0.5) is 0 Å². The zero-order valence-electron chi connectivity index (χ0n) is 18.6. The van der Waals surface area contributed by atoms with E-state index in [9.17, 15) is 35.1 Å². The molecule has 0 saturated carbocycles. The van der Waals surface area contributed by atoms with Crippen molar-refractivity contribution in [3.63, 3.8) is 0 Å². The van der Waals surface area contributed by atoms with E-state index in [-0.39, 0.29) is 23.6 Å². The maximum atomic E-state index is 11.8. The first-order chi connectivity index (χ1) is 17.2. The predicted molar refractivity (Wildman–Crippen MR) is 160 cm³/mol. The van der Waals surface area contributed by atoms with Crippen molar-refractivity contribution in [2.45, 2.75) is 8.43 Å². The molecule has 1 aliphatic heterocycles. The highest BCUT2D eigenvalue weighted by Gasteiger charge is 2.54. The number of rotatable bonds is 12. The van der Waals surface area contributed by atoms with Gasteiger partial charge in [0.1, 0.15) is 26.7 Å². The lowest BCUT2D eigenvalue weighted by Crippen LogP contribution is -2.53. The highest BCUT2D eigenvalue weighted by Crippen LogP contribution is 2.50. The van der Waals surface area contributed by atoms with Crippen LogP contribution in [0.25, 0.3) is 5.57 Å². The third kappa shape index (κ3) is 8.36. The van der Waals surface area contributed by atoms with Crippen LogP contribution in [-0.4, -0.2) is 89.3 Å². The molecular formula is C20H22Br7NO9. The van der Waals surface area contributed by atoms with Crippen LogP contribution in [0.1, 0.15) is 5.56 Å². The van der Waals surface area contributed by atoms with Crippen LogP contribution in [-0.2, 0) is 18.2 Å². The molecule has 1 heterocycles. The fourth-order valence-electron chi connectivity index (χ4n) is 2.69. The molecule has 17 heteroatoms. The van der Waals surface area contributed by atoms with E-state index in [1.165, 1.54) is 0 Å². The van der Waals surface area contributed by atoms with Gasteiger partial charge in [0.2, 0.25) is 3.42 Å². The molecule has 5 N–H and O–H groups in total. The molecule has 0 spiro atoms. The van der Waals surface area contributed by atoms with Crippen molar-refractivity contribution in [3.8, 4) is 0 Å². The molecule has 0 radical (unpaired) electrons. The SMILES string of the molecule is O=C1C(Br)=C(c2ccccc2Br)C(=O)N1Br.OCC(CO)(CO)COCC(CO)(C(O)Br)C(Br)(Br)OBr. The Morgan fingerprint density at radius 2 is 1.46 bits per heavy atom. The Morgan fingerprint density at radius 3 is 1.84 bits per heavy atom. The number of alkyl halides is 3. The van der Waals surface area contributed by atoms with E-state index in [0.29, 0.717) is 11.1 Å². The van der Waals surface area contributed by atoms with Crippen molar-refractivity contribution in [1.29, 1.82) is 0 Å². The highest BCUT2D eigenvalue weighted by atomic mass is 79.9. The summed E-state index contributed by atoms with van der Waals surface area (Å²) in [7, 11) is 0. The van der Waals surface area contributed by atoms with E-state index in [0.717, 1.165) is 8.40 Å². The first-order valence-corrected chi connectivity index (χ1v) is 15.4. The zero-order chi connectivity index (χ0) is 28.6. The van der Waals surface area contributed by atoms with Crippen LogP contribution in [0.2, 0.25) is 0 Å². The Kier molecular flexibility index (Phi) is 15.6. The lowest BCUT2D eigenvalue weighted by atomic mass is 9.90. The zero-order valence-corrected chi connectivity index (χ0v) is 29.7. The molecule has 2 amide bonds. The van der Waals surface area contributed by atoms with Crippen molar-refractivity contribution in [3.05, 3.63) is 38.8 Å². The van der Waals surface area contributed by atoms with Crippen LogP contribution in [0.15, 0.2) is 33.2 Å². The van der Waals surface area contributed by atoms with Gasteiger partial charge in [-0.15, -0.1) is 0 Å². The number of hydrogen-bond acceptors (Lipinski definition) is 9. The van der Waals surface area contributed by atoms with Crippen molar-refractivity contribution in [2.24, 2.45) is 10.8 Å². The minimum atomic E-state index is -1.37. The molecule has 0 fully saturated rings. The number of nitrogens with zero attached hydrogens (tertiary/aromatic N) is 1. The minimum absolute atomic E-state index is 0.184. The third-order valence-electron chi connectivity index (χ3n) is 5.31. The van der Waals surface area contributed by atoms with Gasteiger partial charge in [0, 0.05) is 10.0 Å². The second-order valence-corrected chi connectivity index (χ2v) is 14.6. The van der Waals surface area contributed by atoms with Crippen molar-refractivity contribution < 1.29 is 43.7 Å². The number of carbonyl (C=O) groups excluding carboxylic acids is 2. The number of aliphatic hydroxyl groups excluding tert-OH is 5. The number of amides is 2. The van der Waals surface area contributed by atoms with Crippen molar-refractivity contribution >= 4 is 129 Å². The van der Waals surface area contributed by atoms with E-state index in [1.807, 2.05) is 18.2 Å². The van der Waals surface area contributed by atoms with Crippen molar-refractivity contribution in [1.82, 2.24) is 3.93 Å². The number of hydrogen-bond donors (Lipinski definition) is 5. The van der Waals surface area contributed by atoms with E-state index in [2.05, 4.69) is 112 Å². The molecule has 0 saturated heterocycles. The molecule has 1 aliphatic rings.